The second-order valence-corrected chi connectivity index (χ2v) is 6.16. The van der Waals surface area contributed by atoms with E-state index in [0.717, 1.165) is 30.9 Å². The van der Waals surface area contributed by atoms with Crippen LogP contribution >= 0.6 is 11.6 Å². The molecular formula is C16H21ClN2O. The van der Waals surface area contributed by atoms with E-state index in [4.69, 9.17) is 16.3 Å². The van der Waals surface area contributed by atoms with Crippen molar-refractivity contribution < 1.29 is 4.74 Å². The maximum absolute atomic E-state index is 6.29. The molecule has 1 aliphatic rings. The highest BCUT2D eigenvalue weighted by Crippen LogP contribution is 2.26. The van der Waals surface area contributed by atoms with E-state index < -0.39 is 0 Å². The number of aromatic nitrogens is 2. The molecule has 0 radical (unpaired) electrons. The molecule has 0 saturated carbocycles. The molecule has 0 amide bonds. The van der Waals surface area contributed by atoms with Crippen molar-refractivity contribution in [1.82, 2.24) is 9.55 Å². The van der Waals surface area contributed by atoms with Crippen LogP contribution < -0.4 is 0 Å². The first kappa shape index (κ1) is 13.9. The molecule has 0 N–H and O–H groups in total. The zero-order valence-corrected chi connectivity index (χ0v) is 12.6. The molecule has 4 heteroatoms. The largest absolute Gasteiger partial charge is 0.378 e. The predicted molar refractivity (Wildman–Crippen MR) is 82.2 cm³/mol. The molecule has 1 saturated heterocycles. The smallest absolute Gasteiger partial charge is 0.127 e. The third kappa shape index (κ3) is 2.84. The van der Waals surface area contributed by atoms with Crippen molar-refractivity contribution in [1.29, 1.82) is 0 Å². The van der Waals surface area contributed by atoms with Crippen molar-refractivity contribution in [2.45, 2.75) is 50.6 Å². The number of para-hydroxylation sites is 2. The molecule has 0 bridgehead atoms. The van der Waals surface area contributed by atoms with E-state index in [2.05, 4.69) is 21.7 Å². The van der Waals surface area contributed by atoms with E-state index in [1.807, 2.05) is 19.1 Å². The number of nitrogens with zero attached hydrogens (tertiary/aromatic N) is 2. The Morgan fingerprint density at radius 3 is 3.00 bits per heavy atom. The van der Waals surface area contributed by atoms with Gasteiger partial charge in [-0.05, 0) is 44.7 Å². The lowest BCUT2D eigenvalue weighted by Crippen LogP contribution is -2.21. The summed E-state index contributed by atoms with van der Waals surface area (Å²) in [5.74, 6) is 0.962. The minimum atomic E-state index is -0.0744. The van der Waals surface area contributed by atoms with E-state index in [9.17, 15) is 0 Å². The van der Waals surface area contributed by atoms with Crippen LogP contribution in [0, 0.1) is 0 Å². The highest BCUT2D eigenvalue weighted by Gasteiger charge is 2.18. The van der Waals surface area contributed by atoms with Gasteiger partial charge in [-0.2, -0.15) is 0 Å². The molecule has 1 aliphatic heterocycles. The Kier molecular flexibility index (Phi) is 4.27. The van der Waals surface area contributed by atoms with Crippen LogP contribution in [0.5, 0.6) is 0 Å². The summed E-state index contributed by atoms with van der Waals surface area (Å²) in [7, 11) is 0. The number of imidazole rings is 1. The summed E-state index contributed by atoms with van der Waals surface area (Å²) in [5, 5.41) is -0.0744. The van der Waals surface area contributed by atoms with Gasteiger partial charge in [-0.15, -0.1) is 11.6 Å². The Morgan fingerprint density at radius 2 is 2.25 bits per heavy atom. The van der Waals surface area contributed by atoms with Crippen LogP contribution in [0.1, 0.15) is 43.8 Å². The molecule has 20 heavy (non-hydrogen) atoms. The molecule has 3 rings (SSSR count). The molecule has 108 valence electrons. The van der Waals surface area contributed by atoms with Gasteiger partial charge >= 0.3 is 0 Å². The third-order valence-electron chi connectivity index (χ3n) is 3.99. The maximum Gasteiger partial charge on any atom is 0.127 e. The number of hydrogen-bond donors (Lipinski definition) is 0. The highest BCUT2D eigenvalue weighted by molar-refractivity contribution is 6.20. The van der Waals surface area contributed by atoms with Crippen LogP contribution in [0.3, 0.4) is 0 Å². The molecule has 2 unspecified atom stereocenters. The lowest BCUT2D eigenvalue weighted by molar-refractivity contribution is 0.00886. The van der Waals surface area contributed by atoms with Gasteiger partial charge in [0, 0.05) is 13.2 Å². The van der Waals surface area contributed by atoms with Gasteiger partial charge in [0.25, 0.3) is 0 Å². The molecule has 2 atom stereocenters. The van der Waals surface area contributed by atoms with E-state index in [0.29, 0.717) is 6.10 Å². The van der Waals surface area contributed by atoms with E-state index in [-0.39, 0.29) is 5.38 Å². The average molecular weight is 293 g/mol. The Morgan fingerprint density at radius 1 is 1.40 bits per heavy atom. The van der Waals surface area contributed by atoms with Crippen LogP contribution in [0.25, 0.3) is 11.0 Å². The number of rotatable bonds is 4. The number of fused-ring (bicyclic) bond motifs is 1. The van der Waals surface area contributed by atoms with E-state index >= 15 is 0 Å². The summed E-state index contributed by atoms with van der Waals surface area (Å²) in [6.07, 6.45) is 5.10. The normalized spacial score (nSPS) is 21.2. The molecule has 2 heterocycles. The summed E-state index contributed by atoms with van der Waals surface area (Å²) in [4.78, 5) is 4.67. The first-order valence-corrected chi connectivity index (χ1v) is 7.90. The molecule has 0 aliphatic carbocycles. The quantitative estimate of drug-likeness (QED) is 0.786. The number of hydrogen-bond acceptors (Lipinski definition) is 2. The lowest BCUT2D eigenvalue weighted by Gasteiger charge is -2.23. The molecule has 2 aromatic rings. The predicted octanol–water partition coefficient (Wildman–Crippen LogP) is 4.30. The van der Waals surface area contributed by atoms with Gasteiger partial charge < -0.3 is 9.30 Å². The van der Waals surface area contributed by atoms with Crippen molar-refractivity contribution in [2.75, 3.05) is 6.61 Å². The number of halogens is 1. The monoisotopic (exact) mass is 292 g/mol. The van der Waals surface area contributed by atoms with Gasteiger partial charge in [0.15, 0.2) is 0 Å². The number of alkyl halides is 1. The van der Waals surface area contributed by atoms with Crippen LogP contribution in [0.15, 0.2) is 24.3 Å². The zero-order valence-electron chi connectivity index (χ0n) is 11.9. The first-order chi connectivity index (χ1) is 9.75. The van der Waals surface area contributed by atoms with Crippen molar-refractivity contribution in [3.05, 3.63) is 30.1 Å². The van der Waals surface area contributed by atoms with Crippen LogP contribution in [-0.4, -0.2) is 22.3 Å². The fourth-order valence-electron chi connectivity index (χ4n) is 2.94. The second-order valence-electron chi connectivity index (χ2n) is 5.50. The zero-order chi connectivity index (χ0) is 13.9. The Bertz CT molecular complexity index is 573. The van der Waals surface area contributed by atoms with Crippen molar-refractivity contribution in [2.24, 2.45) is 0 Å². The van der Waals surface area contributed by atoms with Gasteiger partial charge in [0.05, 0.1) is 22.5 Å². The van der Waals surface area contributed by atoms with Gasteiger partial charge in [-0.25, -0.2) is 4.98 Å². The minimum absolute atomic E-state index is 0.0744. The SMILES string of the molecule is CC(Cl)c1nc2ccccc2n1CCC1CCCCO1. The molecule has 3 nitrogen and oxygen atoms in total. The number of aryl methyl sites for hydroxylation is 1. The number of benzene rings is 1. The van der Waals surface area contributed by atoms with Crippen molar-refractivity contribution in [3.8, 4) is 0 Å². The summed E-state index contributed by atoms with van der Waals surface area (Å²) < 4.78 is 8.08. The Hall–Kier alpha value is -1.06. The Balaban J connectivity index is 1.83. The molecule has 1 aromatic carbocycles. The van der Waals surface area contributed by atoms with Crippen LogP contribution in [-0.2, 0) is 11.3 Å². The van der Waals surface area contributed by atoms with E-state index in [1.54, 1.807) is 0 Å². The van der Waals surface area contributed by atoms with E-state index in [1.165, 1.54) is 24.8 Å². The van der Waals surface area contributed by atoms with Crippen molar-refractivity contribution in [3.63, 3.8) is 0 Å². The first-order valence-electron chi connectivity index (χ1n) is 7.46. The van der Waals surface area contributed by atoms with Gasteiger partial charge in [-0.3, -0.25) is 0 Å². The van der Waals surface area contributed by atoms with Gasteiger partial charge in [-0.1, -0.05) is 12.1 Å². The summed E-state index contributed by atoms with van der Waals surface area (Å²) in [6.45, 7) is 3.82. The van der Waals surface area contributed by atoms with Crippen LogP contribution in [0.4, 0.5) is 0 Å². The van der Waals surface area contributed by atoms with Gasteiger partial charge in [0.1, 0.15) is 5.82 Å². The van der Waals surface area contributed by atoms with Crippen molar-refractivity contribution >= 4 is 22.6 Å². The Labute approximate surface area is 124 Å². The molecule has 1 aromatic heterocycles. The van der Waals surface area contributed by atoms with Gasteiger partial charge in [0.2, 0.25) is 0 Å². The molecular weight excluding hydrogens is 272 g/mol. The molecule has 1 fully saturated rings. The number of ether oxygens (including phenoxy) is 1. The highest BCUT2D eigenvalue weighted by atomic mass is 35.5. The fraction of sp³-hybridized carbons (Fsp3) is 0.562. The maximum atomic E-state index is 6.29. The lowest BCUT2D eigenvalue weighted by atomic mass is 10.1. The molecule has 0 spiro atoms. The summed E-state index contributed by atoms with van der Waals surface area (Å²) >= 11 is 6.29. The van der Waals surface area contributed by atoms with Crippen LogP contribution in [0.2, 0.25) is 0 Å². The fourth-order valence-corrected chi connectivity index (χ4v) is 3.11. The average Bonchev–Trinajstić information content (AvgIpc) is 2.85. The summed E-state index contributed by atoms with van der Waals surface area (Å²) in [5.41, 5.74) is 2.20. The minimum Gasteiger partial charge on any atom is -0.378 e. The second kappa shape index (κ2) is 6.15. The third-order valence-corrected chi connectivity index (χ3v) is 4.18. The topological polar surface area (TPSA) is 27.1 Å². The summed E-state index contributed by atoms with van der Waals surface area (Å²) in [6, 6.07) is 8.24. The standard InChI is InChI=1S/C16H21ClN2O/c1-12(17)16-18-14-7-2-3-8-15(14)19(16)10-9-13-6-4-5-11-20-13/h2-3,7-8,12-13H,4-6,9-11H2,1H3.